The Hall–Kier alpha value is -4.12. The fraction of sp³-hybridized carbons (Fsp3) is 0.310. The molecule has 1 N–H and O–H groups in total. The molecule has 1 atom stereocenters. The minimum absolute atomic E-state index is 0.0450. The van der Waals surface area contributed by atoms with Crippen LogP contribution in [0, 0.1) is 5.82 Å². The molecule has 0 aliphatic heterocycles. The molecule has 0 radical (unpaired) electrons. The normalized spacial score (nSPS) is 11.8. The van der Waals surface area contributed by atoms with Crippen molar-refractivity contribution in [3.8, 4) is 11.5 Å². The standard InChI is InChI=1S/C29H34FN3O6S/c1-5-18-31-29(35)21(2)32(19-22-6-12-25(38-3)13-7-22)28(34)20-33(24-10-8-23(30)9-11-24)40(36,37)27-16-14-26(39-4)15-17-27/h6-17,21H,5,18-20H2,1-4H3,(H,31,35). The molecule has 3 aromatic rings. The van der Waals surface area contributed by atoms with Crippen LogP contribution in [0.3, 0.4) is 0 Å². The first-order valence-electron chi connectivity index (χ1n) is 12.7. The van der Waals surface area contributed by atoms with Crippen molar-refractivity contribution in [2.45, 2.75) is 37.8 Å². The molecule has 214 valence electrons. The molecule has 0 heterocycles. The highest BCUT2D eigenvalue weighted by Gasteiger charge is 2.32. The second kappa shape index (κ2) is 13.8. The van der Waals surface area contributed by atoms with Crippen LogP contribution >= 0.6 is 0 Å². The number of anilines is 1. The zero-order chi connectivity index (χ0) is 29.3. The fourth-order valence-electron chi connectivity index (χ4n) is 3.92. The Kier molecular flexibility index (Phi) is 10.5. The third kappa shape index (κ3) is 7.50. The zero-order valence-electron chi connectivity index (χ0n) is 23.0. The van der Waals surface area contributed by atoms with Crippen molar-refractivity contribution in [1.82, 2.24) is 10.2 Å². The summed E-state index contributed by atoms with van der Waals surface area (Å²) in [7, 11) is -1.27. The molecule has 0 bridgehead atoms. The number of nitrogens with zero attached hydrogens (tertiary/aromatic N) is 2. The van der Waals surface area contributed by atoms with Gasteiger partial charge in [-0.25, -0.2) is 12.8 Å². The third-order valence-electron chi connectivity index (χ3n) is 6.27. The van der Waals surface area contributed by atoms with Crippen LogP contribution in [-0.2, 0) is 26.2 Å². The van der Waals surface area contributed by atoms with Gasteiger partial charge in [-0.2, -0.15) is 0 Å². The number of benzene rings is 3. The summed E-state index contributed by atoms with van der Waals surface area (Å²) in [6, 6.07) is 16.6. The van der Waals surface area contributed by atoms with Gasteiger partial charge in [0.25, 0.3) is 10.0 Å². The van der Waals surface area contributed by atoms with Gasteiger partial charge in [-0.05, 0) is 79.6 Å². The molecule has 3 rings (SSSR count). The topological polar surface area (TPSA) is 105 Å². The number of sulfonamides is 1. The average Bonchev–Trinajstić information content (AvgIpc) is 2.97. The monoisotopic (exact) mass is 571 g/mol. The molecule has 0 saturated carbocycles. The SMILES string of the molecule is CCCNC(=O)C(C)N(Cc1ccc(OC)cc1)C(=O)CN(c1ccc(F)cc1)S(=O)(=O)c1ccc(OC)cc1. The summed E-state index contributed by atoms with van der Waals surface area (Å²) in [4.78, 5) is 28.0. The van der Waals surface area contributed by atoms with Gasteiger partial charge in [-0.15, -0.1) is 0 Å². The maximum Gasteiger partial charge on any atom is 0.264 e. The van der Waals surface area contributed by atoms with Gasteiger partial charge in [0.05, 0.1) is 24.8 Å². The Morgan fingerprint density at radius 2 is 1.45 bits per heavy atom. The van der Waals surface area contributed by atoms with Crippen LogP contribution in [0.2, 0.25) is 0 Å². The minimum atomic E-state index is -4.27. The number of amides is 2. The van der Waals surface area contributed by atoms with Gasteiger partial charge in [0.1, 0.15) is 29.9 Å². The van der Waals surface area contributed by atoms with Crippen LogP contribution in [0.1, 0.15) is 25.8 Å². The molecule has 0 spiro atoms. The summed E-state index contributed by atoms with van der Waals surface area (Å²) in [6.45, 7) is 3.36. The highest BCUT2D eigenvalue weighted by atomic mass is 32.2. The van der Waals surface area contributed by atoms with Gasteiger partial charge in [0.2, 0.25) is 11.8 Å². The van der Waals surface area contributed by atoms with E-state index in [1.54, 1.807) is 31.2 Å². The lowest BCUT2D eigenvalue weighted by molar-refractivity contribution is -0.139. The summed E-state index contributed by atoms with van der Waals surface area (Å²) >= 11 is 0. The fourth-order valence-corrected chi connectivity index (χ4v) is 5.33. The highest BCUT2D eigenvalue weighted by Crippen LogP contribution is 2.26. The van der Waals surface area contributed by atoms with Crippen molar-refractivity contribution in [2.24, 2.45) is 0 Å². The van der Waals surface area contributed by atoms with Crippen LogP contribution in [0.5, 0.6) is 11.5 Å². The van der Waals surface area contributed by atoms with Gasteiger partial charge in [0.15, 0.2) is 0 Å². The first kappa shape index (κ1) is 30.4. The van der Waals surface area contributed by atoms with E-state index in [0.717, 1.165) is 22.0 Å². The molecular formula is C29H34FN3O6S. The van der Waals surface area contributed by atoms with Gasteiger partial charge < -0.3 is 19.7 Å². The number of methoxy groups -OCH3 is 2. The Bertz CT molecular complexity index is 1380. The van der Waals surface area contributed by atoms with Crippen LogP contribution in [0.4, 0.5) is 10.1 Å². The summed E-state index contributed by atoms with van der Waals surface area (Å²) in [5.74, 6) is -0.449. The van der Waals surface area contributed by atoms with E-state index in [-0.39, 0.29) is 23.0 Å². The number of hydrogen-bond donors (Lipinski definition) is 1. The molecule has 40 heavy (non-hydrogen) atoms. The van der Waals surface area contributed by atoms with E-state index >= 15 is 0 Å². The predicted molar refractivity (Wildman–Crippen MR) is 150 cm³/mol. The number of carbonyl (C=O) groups is 2. The number of halogens is 1. The lowest BCUT2D eigenvalue weighted by Crippen LogP contribution is -2.51. The molecule has 0 fully saturated rings. The number of rotatable bonds is 13. The largest absolute Gasteiger partial charge is 0.497 e. The van der Waals surface area contributed by atoms with E-state index in [1.165, 1.54) is 55.5 Å². The summed E-state index contributed by atoms with van der Waals surface area (Å²) < 4.78 is 52.5. The van der Waals surface area contributed by atoms with Gasteiger partial charge in [-0.1, -0.05) is 19.1 Å². The molecular weight excluding hydrogens is 537 g/mol. The first-order valence-corrected chi connectivity index (χ1v) is 14.2. The second-order valence-electron chi connectivity index (χ2n) is 9.00. The van der Waals surface area contributed by atoms with Gasteiger partial charge >= 0.3 is 0 Å². The molecule has 9 nitrogen and oxygen atoms in total. The summed E-state index contributed by atoms with van der Waals surface area (Å²) in [6.07, 6.45) is 0.712. The maximum absolute atomic E-state index is 13.8. The van der Waals surface area contributed by atoms with E-state index < -0.39 is 34.3 Å². The molecule has 0 saturated heterocycles. The molecule has 0 aliphatic carbocycles. The third-order valence-corrected chi connectivity index (χ3v) is 8.06. The number of nitrogens with one attached hydrogen (secondary N) is 1. The summed E-state index contributed by atoms with van der Waals surface area (Å²) in [5.41, 5.74) is 0.814. The van der Waals surface area contributed by atoms with Crippen LogP contribution in [0.25, 0.3) is 0 Å². The van der Waals surface area contributed by atoms with E-state index in [4.69, 9.17) is 9.47 Å². The van der Waals surface area contributed by atoms with Crippen LogP contribution < -0.4 is 19.1 Å². The van der Waals surface area contributed by atoms with Crippen molar-refractivity contribution >= 4 is 27.5 Å². The van der Waals surface area contributed by atoms with Crippen molar-refractivity contribution in [1.29, 1.82) is 0 Å². The molecule has 0 aliphatic rings. The van der Waals surface area contributed by atoms with E-state index in [2.05, 4.69) is 5.32 Å². The molecule has 0 aromatic heterocycles. The average molecular weight is 572 g/mol. The van der Waals surface area contributed by atoms with E-state index in [1.807, 2.05) is 6.92 Å². The summed E-state index contributed by atoms with van der Waals surface area (Å²) in [5, 5.41) is 2.79. The Morgan fingerprint density at radius 1 is 0.900 bits per heavy atom. The Morgan fingerprint density at radius 3 is 1.98 bits per heavy atom. The molecule has 11 heteroatoms. The van der Waals surface area contributed by atoms with E-state index in [0.29, 0.717) is 24.5 Å². The number of carbonyl (C=O) groups excluding carboxylic acids is 2. The maximum atomic E-state index is 13.8. The quantitative estimate of drug-likeness (QED) is 0.333. The Labute approximate surface area is 234 Å². The molecule has 3 aromatic carbocycles. The molecule has 1 unspecified atom stereocenters. The lowest BCUT2D eigenvalue weighted by Gasteiger charge is -2.32. The minimum Gasteiger partial charge on any atom is -0.497 e. The lowest BCUT2D eigenvalue weighted by atomic mass is 10.1. The van der Waals surface area contributed by atoms with Crippen molar-refractivity contribution in [3.63, 3.8) is 0 Å². The first-order chi connectivity index (χ1) is 19.1. The van der Waals surface area contributed by atoms with Crippen molar-refractivity contribution in [2.75, 3.05) is 31.6 Å². The van der Waals surface area contributed by atoms with Crippen LogP contribution in [-0.4, -0.2) is 58.5 Å². The van der Waals surface area contributed by atoms with Crippen LogP contribution in [0.15, 0.2) is 77.7 Å². The smallest absolute Gasteiger partial charge is 0.264 e. The van der Waals surface area contributed by atoms with Crippen molar-refractivity contribution in [3.05, 3.63) is 84.2 Å². The second-order valence-corrected chi connectivity index (χ2v) is 10.9. The Balaban J connectivity index is 2.00. The van der Waals surface area contributed by atoms with E-state index in [9.17, 15) is 22.4 Å². The van der Waals surface area contributed by atoms with Gasteiger partial charge in [0, 0.05) is 13.1 Å². The number of ether oxygens (including phenoxy) is 2. The van der Waals surface area contributed by atoms with Crippen molar-refractivity contribution < 1.29 is 31.9 Å². The zero-order valence-corrected chi connectivity index (χ0v) is 23.8. The highest BCUT2D eigenvalue weighted by molar-refractivity contribution is 7.92. The predicted octanol–water partition coefficient (Wildman–Crippen LogP) is 3.98. The molecule has 2 amide bonds. The van der Waals surface area contributed by atoms with Gasteiger partial charge in [-0.3, -0.25) is 13.9 Å². The number of hydrogen-bond acceptors (Lipinski definition) is 6.